The van der Waals surface area contributed by atoms with Crippen molar-refractivity contribution in [3.8, 4) is 0 Å². The molecule has 0 spiro atoms. The number of aliphatic hydroxyl groups is 1. The van der Waals surface area contributed by atoms with Gasteiger partial charge in [0.15, 0.2) is 0 Å². The Hall–Kier alpha value is -0.340. The standard InChI is InChI=1S/C12H22O2/c1-3-8-11(13)12(14-2)9-6-4-5-7-10-12/h3,11,13H,1,4-10H2,2H3. The molecule has 1 atom stereocenters. The molecular weight excluding hydrogens is 176 g/mol. The molecule has 1 N–H and O–H groups in total. The van der Waals surface area contributed by atoms with Crippen molar-refractivity contribution < 1.29 is 9.84 Å². The van der Waals surface area contributed by atoms with Crippen molar-refractivity contribution in [2.75, 3.05) is 7.11 Å². The SMILES string of the molecule is C=CCC(O)C1(OC)CCCCCC1. The van der Waals surface area contributed by atoms with Crippen molar-refractivity contribution in [1.82, 2.24) is 0 Å². The van der Waals surface area contributed by atoms with Crippen molar-refractivity contribution in [2.45, 2.75) is 56.7 Å². The van der Waals surface area contributed by atoms with Crippen LogP contribution in [0, 0.1) is 0 Å². The van der Waals surface area contributed by atoms with E-state index in [0.717, 1.165) is 12.8 Å². The molecule has 0 aromatic rings. The fraction of sp³-hybridized carbons (Fsp3) is 0.833. The fourth-order valence-corrected chi connectivity index (χ4v) is 2.37. The van der Waals surface area contributed by atoms with E-state index in [9.17, 15) is 5.11 Å². The smallest absolute Gasteiger partial charge is 0.0939 e. The van der Waals surface area contributed by atoms with Gasteiger partial charge in [0, 0.05) is 7.11 Å². The zero-order chi connectivity index (χ0) is 10.4. The summed E-state index contributed by atoms with van der Waals surface area (Å²) >= 11 is 0. The van der Waals surface area contributed by atoms with E-state index in [1.807, 2.05) is 0 Å². The van der Waals surface area contributed by atoms with Gasteiger partial charge in [-0.2, -0.15) is 0 Å². The summed E-state index contributed by atoms with van der Waals surface area (Å²) in [6, 6.07) is 0. The predicted octanol–water partition coefficient (Wildman–Crippen LogP) is 2.66. The summed E-state index contributed by atoms with van der Waals surface area (Å²) in [4.78, 5) is 0. The Morgan fingerprint density at radius 1 is 1.36 bits per heavy atom. The van der Waals surface area contributed by atoms with Crippen LogP contribution in [0.2, 0.25) is 0 Å². The second-order valence-corrected chi connectivity index (χ2v) is 4.22. The summed E-state index contributed by atoms with van der Waals surface area (Å²) in [6.07, 6.45) is 8.87. The fourth-order valence-electron chi connectivity index (χ4n) is 2.37. The lowest BCUT2D eigenvalue weighted by atomic mass is 9.86. The molecule has 0 aromatic carbocycles. The van der Waals surface area contributed by atoms with Crippen LogP contribution in [-0.4, -0.2) is 23.9 Å². The Balaban J connectivity index is 2.65. The second kappa shape index (κ2) is 5.52. The van der Waals surface area contributed by atoms with Gasteiger partial charge in [-0.3, -0.25) is 0 Å². The highest BCUT2D eigenvalue weighted by Crippen LogP contribution is 2.34. The van der Waals surface area contributed by atoms with Crippen LogP contribution in [0.5, 0.6) is 0 Å². The van der Waals surface area contributed by atoms with E-state index in [2.05, 4.69) is 6.58 Å². The number of hydrogen-bond donors (Lipinski definition) is 1. The molecular formula is C12H22O2. The van der Waals surface area contributed by atoms with Crippen LogP contribution in [0.3, 0.4) is 0 Å². The number of hydrogen-bond acceptors (Lipinski definition) is 2. The number of methoxy groups -OCH3 is 1. The molecule has 1 rings (SSSR count). The van der Waals surface area contributed by atoms with E-state index < -0.39 is 0 Å². The Morgan fingerprint density at radius 2 is 1.93 bits per heavy atom. The summed E-state index contributed by atoms with van der Waals surface area (Å²) in [5.74, 6) is 0. The Labute approximate surface area is 87.0 Å². The van der Waals surface area contributed by atoms with Crippen LogP contribution in [0.15, 0.2) is 12.7 Å². The molecule has 0 heterocycles. The first-order valence-corrected chi connectivity index (χ1v) is 5.59. The summed E-state index contributed by atoms with van der Waals surface area (Å²) in [7, 11) is 1.72. The minimum Gasteiger partial charge on any atom is -0.390 e. The van der Waals surface area contributed by atoms with Gasteiger partial charge < -0.3 is 9.84 Å². The van der Waals surface area contributed by atoms with E-state index in [1.54, 1.807) is 13.2 Å². The molecule has 1 saturated carbocycles. The zero-order valence-electron chi connectivity index (χ0n) is 9.17. The lowest BCUT2D eigenvalue weighted by Crippen LogP contribution is -2.43. The highest BCUT2D eigenvalue weighted by molar-refractivity contribution is 4.92. The topological polar surface area (TPSA) is 29.5 Å². The quantitative estimate of drug-likeness (QED) is 0.556. The summed E-state index contributed by atoms with van der Waals surface area (Å²) < 4.78 is 5.58. The predicted molar refractivity (Wildman–Crippen MR) is 58.3 cm³/mol. The lowest BCUT2D eigenvalue weighted by molar-refractivity contribution is -0.110. The molecule has 14 heavy (non-hydrogen) atoms. The van der Waals surface area contributed by atoms with Crippen LogP contribution >= 0.6 is 0 Å². The second-order valence-electron chi connectivity index (χ2n) is 4.22. The largest absolute Gasteiger partial charge is 0.390 e. The molecule has 1 aliphatic rings. The minimum absolute atomic E-state index is 0.301. The third-order valence-electron chi connectivity index (χ3n) is 3.35. The maximum Gasteiger partial charge on any atom is 0.0939 e. The molecule has 0 amide bonds. The first-order chi connectivity index (χ1) is 6.75. The third-order valence-corrected chi connectivity index (χ3v) is 3.35. The van der Waals surface area contributed by atoms with Crippen LogP contribution in [-0.2, 0) is 4.74 Å². The van der Waals surface area contributed by atoms with Crippen molar-refractivity contribution in [2.24, 2.45) is 0 Å². The molecule has 0 aromatic heterocycles. The van der Waals surface area contributed by atoms with E-state index in [1.165, 1.54) is 25.7 Å². The van der Waals surface area contributed by atoms with Crippen LogP contribution in [0.1, 0.15) is 44.9 Å². The monoisotopic (exact) mass is 198 g/mol. The molecule has 2 heteroatoms. The van der Waals surface area contributed by atoms with Crippen LogP contribution < -0.4 is 0 Å². The van der Waals surface area contributed by atoms with Gasteiger partial charge in [0.2, 0.25) is 0 Å². The van der Waals surface area contributed by atoms with Gasteiger partial charge >= 0.3 is 0 Å². The third kappa shape index (κ3) is 2.58. The maximum absolute atomic E-state index is 10.1. The van der Waals surface area contributed by atoms with Gasteiger partial charge in [0.05, 0.1) is 11.7 Å². The molecule has 1 unspecified atom stereocenters. The zero-order valence-corrected chi connectivity index (χ0v) is 9.17. The Bertz CT molecular complexity index is 169. The highest BCUT2D eigenvalue weighted by atomic mass is 16.5. The molecule has 0 saturated heterocycles. The molecule has 82 valence electrons. The first kappa shape index (κ1) is 11.7. The minimum atomic E-state index is -0.386. The van der Waals surface area contributed by atoms with Crippen LogP contribution in [0.25, 0.3) is 0 Å². The van der Waals surface area contributed by atoms with E-state index >= 15 is 0 Å². The van der Waals surface area contributed by atoms with Gasteiger partial charge in [0.1, 0.15) is 0 Å². The van der Waals surface area contributed by atoms with Crippen molar-refractivity contribution in [3.63, 3.8) is 0 Å². The maximum atomic E-state index is 10.1. The van der Waals surface area contributed by atoms with Crippen molar-refractivity contribution >= 4 is 0 Å². The molecule has 1 aliphatic carbocycles. The van der Waals surface area contributed by atoms with Gasteiger partial charge in [-0.1, -0.05) is 31.8 Å². The average molecular weight is 198 g/mol. The van der Waals surface area contributed by atoms with Crippen molar-refractivity contribution in [3.05, 3.63) is 12.7 Å². The van der Waals surface area contributed by atoms with Gasteiger partial charge in [-0.15, -0.1) is 6.58 Å². The number of ether oxygens (including phenoxy) is 1. The summed E-state index contributed by atoms with van der Waals surface area (Å²) in [5.41, 5.74) is -0.301. The molecule has 0 bridgehead atoms. The molecule has 0 radical (unpaired) electrons. The molecule has 1 fully saturated rings. The van der Waals surface area contributed by atoms with Crippen LogP contribution in [0.4, 0.5) is 0 Å². The average Bonchev–Trinajstić information content (AvgIpc) is 2.44. The Kier molecular flexibility index (Phi) is 4.63. The summed E-state index contributed by atoms with van der Waals surface area (Å²) in [5, 5.41) is 10.1. The van der Waals surface area contributed by atoms with Gasteiger partial charge in [-0.05, 0) is 19.3 Å². The Morgan fingerprint density at radius 3 is 2.36 bits per heavy atom. The first-order valence-electron chi connectivity index (χ1n) is 5.59. The van der Waals surface area contributed by atoms with E-state index in [-0.39, 0.29) is 11.7 Å². The van der Waals surface area contributed by atoms with E-state index in [0.29, 0.717) is 6.42 Å². The molecule has 0 aliphatic heterocycles. The van der Waals surface area contributed by atoms with Gasteiger partial charge in [0.25, 0.3) is 0 Å². The van der Waals surface area contributed by atoms with Crippen molar-refractivity contribution in [1.29, 1.82) is 0 Å². The highest BCUT2D eigenvalue weighted by Gasteiger charge is 2.37. The van der Waals surface area contributed by atoms with E-state index in [4.69, 9.17) is 4.74 Å². The molecule has 2 nitrogen and oxygen atoms in total. The lowest BCUT2D eigenvalue weighted by Gasteiger charge is -2.35. The number of aliphatic hydroxyl groups excluding tert-OH is 1. The van der Waals surface area contributed by atoms with Gasteiger partial charge in [-0.25, -0.2) is 0 Å². The normalized spacial score (nSPS) is 23.9. The number of rotatable bonds is 4. The summed E-state index contributed by atoms with van der Waals surface area (Å²) in [6.45, 7) is 3.67.